The molecule has 0 bridgehead atoms. The van der Waals surface area contributed by atoms with Crippen molar-refractivity contribution in [3.63, 3.8) is 0 Å². The molecule has 1 aliphatic heterocycles. The molecule has 0 aromatic heterocycles. The quantitative estimate of drug-likeness (QED) is 0.903. The van der Waals surface area contributed by atoms with Gasteiger partial charge >= 0.3 is 0 Å². The van der Waals surface area contributed by atoms with Gasteiger partial charge < -0.3 is 10.1 Å². The van der Waals surface area contributed by atoms with E-state index in [1.54, 1.807) is 24.3 Å². The summed E-state index contributed by atoms with van der Waals surface area (Å²) in [4.78, 5) is 12.5. The van der Waals surface area contributed by atoms with Gasteiger partial charge in [0.1, 0.15) is 5.75 Å². The average molecular weight is 360 g/mol. The summed E-state index contributed by atoms with van der Waals surface area (Å²) in [6, 6.07) is 14.6. The van der Waals surface area contributed by atoms with Crippen LogP contribution in [-0.4, -0.2) is 33.2 Å². The molecule has 6 nitrogen and oxygen atoms in total. The normalized spacial score (nSPS) is 16.7. The molecule has 1 atom stereocenters. The van der Waals surface area contributed by atoms with Gasteiger partial charge in [-0.15, -0.1) is 0 Å². The van der Waals surface area contributed by atoms with Crippen LogP contribution in [0.25, 0.3) is 0 Å². The average Bonchev–Trinajstić information content (AvgIpc) is 2.59. The predicted octanol–water partition coefficient (Wildman–Crippen LogP) is 1.84. The standard InChI is InChI=1S/C18H20N2O4S/c1-13-7-3-4-8-14(13)11-19-18(21)17-12-20(25(2,22)23)15-9-5-6-10-16(15)24-17/h3-10,17H,11-12H2,1-2H3,(H,19,21)/t17-/m0/s1. The Labute approximate surface area is 147 Å². The molecule has 0 aliphatic carbocycles. The molecule has 0 saturated carbocycles. The molecule has 25 heavy (non-hydrogen) atoms. The summed E-state index contributed by atoms with van der Waals surface area (Å²) >= 11 is 0. The number of sulfonamides is 1. The van der Waals surface area contributed by atoms with Gasteiger partial charge in [0.2, 0.25) is 10.0 Å². The maximum Gasteiger partial charge on any atom is 0.263 e. The van der Waals surface area contributed by atoms with Crippen LogP contribution in [0.3, 0.4) is 0 Å². The van der Waals surface area contributed by atoms with Crippen LogP contribution in [-0.2, 0) is 21.4 Å². The lowest BCUT2D eigenvalue weighted by molar-refractivity contribution is -0.127. The van der Waals surface area contributed by atoms with Gasteiger partial charge in [-0.3, -0.25) is 9.10 Å². The minimum Gasteiger partial charge on any atom is -0.476 e. The lowest BCUT2D eigenvalue weighted by Crippen LogP contribution is -2.50. The fraction of sp³-hybridized carbons (Fsp3) is 0.278. The van der Waals surface area contributed by atoms with Crippen LogP contribution in [0.2, 0.25) is 0 Å². The van der Waals surface area contributed by atoms with Crippen LogP contribution in [0.5, 0.6) is 5.75 Å². The highest BCUT2D eigenvalue weighted by Crippen LogP contribution is 2.34. The third kappa shape index (κ3) is 3.76. The Morgan fingerprint density at radius 2 is 1.88 bits per heavy atom. The zero-order chi connectivity index (χ0) is 18.0. The Kier molecular flexibility index (Phi) is 4.67. The summed E-state index contributed by atoms with van der Waals surface area (Å²) in [5, 5.41) is 2.83. The number of aryl methyl sites for hydroxylation is 1. The highest BCUT2D eigenvalue weighted by Gasteiger charge is 2.34. The highest BCUT2D eigenvalue weighted by atomic mass is 32.2. The van der Waals surface area contributed by atoms with Gasteiger partial charge in [0.25, 0.3) is 5.91 Å². The minimum absolute atomic E-state index is 0.0462. The van der Waals surface area contributed by atoms with Crippen LogP contribution in [0.4, 0.5) is 5.69 Å². The maximum atomic E-state index is 12.5. The summed E-state index contributed by atoms with van der Waals surface area (Å²) in [6.07, 6.45) is 0.228. The fourth-order valence-electron chi connectivity index (χ4n) is 2.76. The first-order valence-corrected chi connectivity index (χ1v) is 9.76. The van der Waals surface area contributed by atoms with E-state index in [1.807, 2.05) is 31.2 Å². The highest BCUT2D eigenvalue weighted by molar-refractivity contribution is 7.92. The third-order valence-electron chi connectivity index (χ3n) is 4.14. The first-order valence-electron chi connectivity index (χ1n) is 7.92. The van der Waals surface area contributed by atoms with E-state index < -0.39 is 16.1 Å². The van der Waals surface area contributed by atoms with Crippen molar-refractivity contribution in [2.75, 3.05) is 17.1 Å². The van der Waals surface area contributed by atoms with Crippen LogP contribution in [0.1, 0.15) is 11.1 Å². The summed E-state index contributed by atoms with van der Waals surface area (Å²) in [7, 11) is -3.51. The van der Waals surface area contributed by atoms with E-state index in [1.165, 1.54) is 4.31 Å². The molecule has 2 aromatic rings. The maximum absolute atomic E-state index is 12.5. The van der Waals surface area contributed by atoms with Crippen molar-refractivity contribution in [2.24, 2.45) is 0 Å². The molecule has 1 aliphatic rings. The van der Waals surface area contributed by atoms with Gasteiger partial charge in [0, 0.05) is 6.54 Å². The smallest absolute Gasteiger partial charge is 0.263 e. The molecule has 0 unspecified atom stereocenters. The van der Waals surface area contributed by atoms with E-state index in [9.17, 15) is 13.2 Å². The molecule has 7 heteroatoms. The van der Waals surface area contributed by atoms with E-state index in [2.05, 4.69) is 5.32 Å². The summed E-state index contributed by atoms with van der Waals surface area (Å²) in [6.45, 7) is 2.29. The second kappa shape index (κ2) is 6.76. The molecule has 2 aromatic carbocycles. The van der Waals surface area contributed by atoms with Gasteiger partial charge in [-0.1, -0.05) is 36.4 Å². The first-order chi connectivity index (χ1) is 11.9. The zero-order valence-electron chi connectivity index (χ0n) is 14.1. The first kappa shape index (κ1) is 17.3. The van der Waals surface area contributed by atoms with Crippen molar-refractivity contribution in [3.8, 4) is 5.75 Å². The number of nitrogens with zero attached hydrogens (tertiary/aromatic N) is 1. The molecule has 1 N–H and O–H groups in total. The SMILES string of the molecule is Cc1ccccc1CNC(=O)[C@@H]1CN(S(C)(=O)=O)c2ccccc2O1. The van der Waals surface area contributed by atoms with E-state index in [4.69, 9.17) is 4.74 Å². The number of hydrogen-bond acceptors (Lipinski definition) is 4. The number of anilines is 1. The van der Waals surface area contributed by atoms with Crippen molar-refractivity contribution in [2.45, 2.75) is 19.6 Å². The van der Waals surface area contributed by atoms with Crippen molar-refractivity contribution in [1.29, 1.82) is 0 Å². The lowest BCUT2D eigenvalue weighted by atomic mass is 10.1. The number of carbonyl (C=O) groups excluding carboxylic acids is 1. The van der Waals surface area contributed by atoms with Gasteiger partial charge in [0.05, 0.1) is 18.5 Å². The number of carbonyl (C=O) groups is 1. The lowest BCUT2D eigenvalue weighted by Gasteiger charge is -2.33. The van der Waals surface area contributed by atoms with E-state index in [-0.39, 0.29) is 12.5 Å². The molecular formula is C18H20N2O4S. The molecule has 0 saturated heterocycles. The monoisotopic (exact) mass is 360 g/mol. The van der Waals surface area contributed by atoms with Crippen molar-refractivity contribution < 1.29 is 17.9 Å². The Bertz CT molecular complexity index is 895. The van der Waals surface area contributed by atoms with E-state index in [0.717, 1.165) is 17.4 Å². The number of rotatable bonds is 4. The van der Waals surface area contributed by atoms with Gasteiger partial charge in [-0.25, -0.2) is 8.42 Å². The largest absolute Gasteiger partial charge is 0.476 e. The van der Waals surface area contributed by atoms with Gasteiger partial charge in [-0.05, 0) is 30.2 Å². The topological polar surface area (TPSA) is 75.7 Å². The van der Waals surface area contributed by atoms with Crippen LogP contribution >= 0.6 is 0 Å². The van der Waals surface area contributed by atoms with E-state index in [0.29, 0.717) is 18.0 Å². The zero-order valence-corrected chi connectivity index (χ0v) is 14.9. The minimum atomic E-state index is -3.51. The third-order valence-corrected chi connectivity index (χ3v) is 5.29. The molecule has 1 heterocycles. The second-order valence-corrected chi connectivity index (χ2v) is 7.92. The number of para-hydroxylation sites is 2. The molecule has 3 rings (SSSR count). The number of hydrogen-bond donors (Lipinski definition) is 1. The molecule has 0 spiro atoms. The number of benzene rings is 2. The van der Waals surface area contributed by atoms with Gasteiger partial charge in [-0.2, -0.15) is 0 Å². The second-order valence-electron chi connectivity index (χ2n) is 6.01. The molecule has 1 amide bonds. The number of ether oxygens (including phenoxy) is 1. The Morgan fingerprint density at radius 3 is 2.60 bits per heavy atom. The summed E-state index contributed by atoms with van der Waals surface area (Å²) in [5.74, 6) is 0.0432. The predicted molar refractivity (Wildman–Crippen MR) is 96.1 cm³/mol. The number of fused-ring (bicyclic) bond motifs is 1. The van der Waals surface area contributed by atoms with Crippen molar-refractivity contribution in [1.82, 2.24) is 5.32 Å². The molecule has 132 valence electrons. The number of nitrogens with one attached hydrogen (secondary N) is 1. The van der Waals surface area contributed by atoms with Crippen molar-refractivity contribution in [3.05, 3.63) is 59.7 Å². The molecule has 0 fully saturated rings. The van der Waals surface area contributed by atoms with Crippen molar-refractivity contribution >= 4 is 21.6 Å². The fourth-order valence-corrected chi connectivity index (χ4v) is 3.67. The van der Waals surface area contributed by atoms with Crippen LogP contribution in [0, 0.1) is 6.92 Å². The van der Waals surface area contributed by atoms with Crippen LogP contribution < -0.4 is 14.4 Å². The van der Waals surface area contributed by atoms with Gasteiger partial charge in [0.15, 0.2) is 6.10 Å². The van der Waals surface area contributed by atoms with Crippen LogP contribution in [0.15, 0.2) is 48.5 Å². The molecular weight excluding hydrogens is 340 g/mol. The van der Waals surface area contributed by atoms with E-state index >= 15 is 0 Å². The summed E-state index contributed by atoms with van der Waals surface area (Å²) in [5.41, 5.74) is 2.54. The Morgan fingerprint density at radius 1 is 1.20 bits per heavy atom. The summed E-state index contributed by atoms with van der Waals surface area (Å²) < 4.78 is 31.1. The Balaban J connectivity index is 1.77. The Hall–Kier alpha value is -2.54. The molecule has 0 radical (unpaired) electrons. The number of amides is 1.